The first-order chi connectivity index (χ1) is 15.5. The number of nitrogens with zero attached hydrogens (tertiary/aromatic N) is 3. The molecule has 0 saturated carbocycles. The van der Waals surface area contributed by atoms with E-state index in [0.717, 1.165) is 33.3 Å². The lowest BCUT2D eigenvalue weighted by Gasteiger charge is -2.31. The van der Waals surface area contributed by atoms with E-state index in [1.165, 1.54) is 6.26 Å². The van der Waals surface area contributed by atoms with Gasteiger partial charge in [-0.25, -0.2) is 13.4 Å². The van der Waals surface area contributed by atoms with E-state index in [1.807, 2.05) is 36.5 Å². The van der Waals surface area contributed by atoms with Crippen molar-refractivity contribution in [3.05, 3.63) is 96.1 Å². The quantitative estimate of drug-likeness (QED) is 0.458. The van der Waals surface area contributed by atoms with Crippen molar-refractivity contribution in [3.63, 3.8) is 0 Å². The number of H-pyrrole nitrogens is 1. The van der Waals surface area contributed by atoms with Crippen molar-refractivity contribution in [1.29, 1.82) is 0 Å². The first kappa shape index (κ1) is 23.3. The lowest BCUT2D eigenvalue weighted by atomic mass is 10.0. The highest BCUT2D eigenvalue weighted by molar-refractivity contribution is 7.88. The van der Waals surface area contributed by atoms with Gasteiger partial charge in [0, 0.05) is 31.0 Å². The van der Waals surface area contributed by atoms with Crippen LogP contribution in [0.1, 0.15) is 16.8 Å². The third kappa shape index (κ3) is 5.05. The molecule has 0 saturated heterocycles. The maximum absolute atomic E-state index is 12.9. The van der Waals surface area contributed by atoms with E-state index in [0.29, 0.717) is 26.1 Å². The van der Waals surface area contributed by atoms with Crippen molar-refractivity contribution in [2.45, 2.75) is 25.6 Å². The number of aromatic nitrogens is 2. The molecule has 6 nitrogen and oxygen atoms in total. The molecule has 2 heterocycles. The minimum Gasteiger partial charge on any atom is -0.364 e. The van der Waals surface area contributed by atoms with Crippen LogP contribution in [0.5, 0.6) is 0 Å². The van der Waals surface area contributed by atoms with Crippen LogP contribution in [0.3, 0.4) is 0 Å². The lowest BCUT2D eigenvalue weighted by Crippen LogP contribution is -2.45. The van der Waals surface area contributed by atoms with Crippen molar-refractivity contribution in [2.75, 3.05) is 17.7 Å². The minimum absolute atomic E-state index is 0. The van der Waals surface area contributed by atoms with Gasteiger partial charge in [-0.15, -0.1) is 12.4 Å². The van der Waals surface area contributed by atoms with Crippen molar-refractivity contribution in [2.24, 2.45) is 0 Å². The third-order valence-corrected chi connectivity index (χ3v) is 7.39. The molecule has 0 spiro atoms. The fourth-order valence-corrected chi connectivity index (χ4v) is 5.66. The second kappa shape index (κ2) is 9.55. The molecule has 0 amide bonds. The highest BCUT2D eigenvalue weighted by atomic mass is 35.5. The number of nitrogens with one attached hydrogen (secondary N) is 1. The summed E-state index contributed by atoms with van der Waals surface area (Å²) in [5.74, 6) is 0. The molecule has 5 rings (SSSR count). The molecule has 1 atom stereocenters. The molecule has 4 aromatic rings. The van der Waals surface area contributed by atoms with Crippen molar-refractivity contribution >= 4 is 38.9 Å². The summed E-state index contributed by atoms with van der Waals surface area (Å²) in [5, 5.41) is 2.26. The number of benzene rings is 3. The number of fused-ring (bicyclic) bond motifs is 2. The monoisotopic (exact) mass is 482 g/mol. The van der Waals surface area contributed by atoms with Gasteiger partial charge in [-0.05, 0) is 40.5 Å². The molecule has 0 aliphatic carbocycles. The van der Waals surface area contributed by atoms with Crippen LogP contribution in [0.4, 0.5) is 5.69 Å². The number of hydrogen-bond donors (Lipinski definition) is 1. The third-order valence-electron chi connectivity index (χ3n) is 6.11. The Hall–Kier alpha value is -2.87. The van der Waals surface area contributed by atoms with Gasteiger partial charge in [0.15, 0.2) is 0 Å². The second-order valence-electron chi connectivity index (χ2n) is 8.44. The summed E-state index contributed by atoms with van der Waals surface area (Å²) in [4.78, 5) is 9.65. The summed E-state index contributed by atoms with van der Waals surface area (Å²) < 4.78 is 27.5. The number of halogens is 1. The zero-order valence-corrected chi connectivity index (χ0v) is 20.0. The molecule has 0 fully saturated rings. The normalized spacial score (nSPS) is 16.8. The molecule has 0 radical (unpaired) electrons. The molecular weight excluding hydrogens is 456 g/mol. The molecule has 1 unspecified atom stereocenters. The Labute approximate surface area is 200 Å². The largest absolute Gasteiger partial charge is 0.364 e. The van der Waals surface area contributed by atoms with E-state index >= 15 is 0 Å². The molecule has 1 aliphatic heterocycles. The maximum Gasteiger partial charge on any atom is 0.211 e. The van der Waals surface area contributed by atoms with Gasteiger partial charge in [0.2, 0.25) is 10.0 Å². The molecule has 1 aromatic heterocycles. The van der Waals surface area contributed by atoms with Gasteiger partial charge in [0.05, 0.1) is 24.8 Å². The Balaban J connectivity index is 0.00000259. The number of anilines is 1. The Bertz CT molecular complexity index is 1330. The van der Waals surface area contributed by atoms with E-state index in [4.69, 9.17) is 0 Å². The Morgan fingerprint density at radius 3 is 2.39 bits per heavy atom. The predicted octanol–water partition coefficient (Wildman–Crippen LogP) is 4.38. The summed E-state index contributed by atoms with van der Waals surface area (Å²) >= 11 is 0. The Morgan fingerprint density at radius 2 is 1.73 bits per heavy atom. The number of sulfonamides is 1. The maximum atomic E-state index is 12.9. The van der Waals surface area contributed by atoms with Crippen LogP contribution in [-0.2, 0) is 29.5 Å². The number of hydrogen-bond acceptors (Lipinski definition) is 4. The fourth-order valence-electron chi connectivity index (χ4n) is 4.60. The molecule has 8 heteroatoms. The van der Waals surface area contributed by atoms with Crippen molar-refractivity contribution in [1.82, 2.24) is 14.3 Å². The topological polar surface area (TPSA) is 69.3 Å². The van der Waals surface area contributed by atoms with E-state index in [-0.39, 0.29) is 18.4 Å². The van der Waals surface area contributed by atoms with Gasteiger partial charge in [0.1, 0.15) is 0 Å². The second-order valence-corrected chi connectivity index (χ2v) is 10.4. The van der Waals surface area contributed by atoms with Crippen LogP contribution in [0.2, 0.25) is 0 Å². The van der Waals surface area contributed by atoms with E-state index < -0.39 is 10.0 Å². The zero-order chi connectivity index (χ0) is 22.1. The van der Waals surface area contributed by atoms with E-state index in [9.17, 15) is 8.42 Å². The molecule has 1 N–H and O–H groups in total. The van der Waals surface area contributed by atoms with Gasteiger partial charge in [0.25, 0.3) is 0 Å². The average Bonchev–Trinajstić information content (AvgIpc) is 3.24. The SMILES string of the molecule is CS(=O)(=O)N1Cc2cc3ccccc3cc2N(Cc2cnc[nH]2)CC1Cc1ccccc1.Cl. The van der Waals surface area contributed by atoms with E-state index in [2.05, 4.69) is 51.3 Å². The number of imidazole rings is 1. The lowest BCUT2D eigenvalue weighted by molar-refractivity contribution is 0.320. The highest BCUT2D eigenvalue weighted by Gasteiger charge is 2.33. The Morgan fingerprint density at radius 1 is 1.03 bits per heavy atom. The molecular formula is C25H27ClN4O2S. The van der Waals surface area contributed by atoms with Crippen LogP contribution in [0.15, 0.2) is 79.3 Å². The first-order valence-corrected chi connectivity index (χ1v) is 12.6. The van der Waals surface area contributed by atoms with Crippen LogP contribution >= 0.6 is 12.4 Å². The summed E-state index contributed by atoms with van der Waals surface area (Å²) in [6.07, 6.45) is 5.47. The van der Waals surface area contributed by atoms with Crippen molar-refractivity contribution < 1.29 is 8.42 Å². The molecule has 172 valence electrons. The van der Waals surface area contributed by atoms with Gasteiger partial charge in [-0.1, -0.05) is 54.6 Å². The average molecular weight is 483 g/mol. The van der Waals surface area contributed by atoms with Crippen LogP contribution in [-0.4, -0.2) is 41.5 Å². The summed E-state index contributed by atoms with van der Waals surface area (Å²) in [5.41, 5.74) is 4.21. The van der Waals surface area contributed by atoms with Gasteiger partial charge in [-0.3, -0.25) is 0 Å². The molecule has 0 bridgehead atoms. The van der Waals surface area contributed by atoms with Crippen LogP contribution in [0, 0.1) is 0 Å². The van der Waals surface area contributed by atoms with E-state index in [1.54, 1.807) is 10.6 Å². The van der Waals surface area contributed by atoms with Crippen LogP contribution in [0.25, 0.3) is 10.8 Å². The summed E-state index contributed by atoms with van der Waals surface area (Å²) in [6.45, 7) is 1.58. The molecule has 3 aromatic carbocycles. The number of aromatic amines is 1. The van der Waals surface area contributed by atoms with Gasteiger partial charge < -0.3 is 9.88 Å². The minimum atomic E-state index is -3.41. The fraction of sp³-hybridized carbons (Fsp3) is 0.240. The summed E-state index contributed by atoms with van der Waals surface area (Å²) in [7, 11) is -3.41. The Kier molecular flexibility index (Phi) is 6.74. The van der Waals surface area contributed by atoms with Crippen LogP contribution < -0.4 is 4.90 Å². The van der Waals surface area contributed by atoms with Gasteiger partial charge in [-0.2, -0.15) is 4.31 Å². The zero-order valence-electron chi connectivity index (χ0n) is 18.4. The number of rotatable bonds is 5. The standard InChI is InChI=1S/C25H26N4O2S.ClH/c1-32(30,31)29-15-22-12-20-9-5-6-10-21(20)13-25(22)28(16-23-14-26-18-27-23)17-24(29)11-19-7-3-2-4-8-19;/h2-10,12-14,18,24H,11,15-17H2,1H3,(H,26,27);1H. The summed E-state index contributed by atoms with van der Waals surface area (Å²) in [6, 6.07) is 22.5. The van der Waals surface area contributed by atoms with Crippen molar-refractivity contribution in [3.8, 4) is 0 Å². The highest BCUT2D eigenvalue weighted by Crippen LogP contribution is 2.34. The molecule has 33 heavy (non-hydrogen) atoms. The van der Waals surface area contributed by atoms with Gasteiger partial charge >= 0.3 is 0 Å². The first-order valence-electron chi connectivity index (χ1n) is 10.7. The molecule has 1 aliphatic rings. The predicted molar refractivity (Wildman–Crippen MR) is 135 cm³/mol. The smallest absolute Gasteiger partial charge is 0.211 e.